The Morgan fingerprint density at radius 2 is 1.95 bits per heavy atom. The van der Waals surface area contributed by atoms with E-state index < -0.39 is 0 Å². The maximum absolute atomic E-state index is 12.4. The monoisotopic (exact) mass is 373 g/mol. The molecular weight excluding hydrogens is 362 g/mol. The van der Waals surface area contributed by atoms with Crippen molar-refractivity contribution in [3.63, 3.8) is 0 Å². The number of rotatable bonds is 4. The summed E-state index contributed by atoms with van der Waals surface area (Å²) in [4.78, 5) is 12.9. The molecule has 110 valence electrons. The van der Waals surface area contributed by atoms with Crippen LogP contribution in [0.25, 0.3) is 0 Å². The second-order valence-electron chi connectivity index (χ2n) is 4.68. The van der Waals surface area contributed by atoms with Gasteiger partial charge in [-0.25, -0.2) is 0 Å². The van der Waals surface area contributed by atoms with E-state index in [2.05, 4.69) is 30.8 Å². The van der Waals surface area contributed by atoms with Crippen LogP contribution in [0, 0.1) is 0 Å². The SMILES string of the molecule is O=C(Nc1cccc(Br)c1)c1snnc1Cc1ccccc1. The van der Waals surface area contributed by atoms with E-state index >= 15 is 0 Å². The van der Waals surface area contributed by atoms with Gasteiger partial charge in [0, 0.05) is 16.6 Å². The van der Waals surface area contributed by atoms with Gasteiger partial charge in [0.05, 0.1) is 5.69 Å². The number of anilines is 1. The van der Waals surface area contributed by atoms with E-state index in [1.54, 1.807) is 0 Å². The van der Waals surface area contributed by atoms with E-state index in [1.807, 2.05) is 54.6 Å². The summed E-state index contributed by atoms with van der Waals surface area (Å²) in [7, 11) is 0. The zero-order valence-corrected chi connectivity index (χ0v) is 13.9. The van der Waals surface area contributed by atoms with Crippen molar-refractivity contribution in [2.24, 2.45) is 0 Å². The second kappa shape index (κ2) is 6.81. The Morgan fingerprint density at radius 3 is 2.73 bits per heavy atom. The van der Waals surface area contributed by atoms with E-state index in [4.69, 9.17) is 0 Å². The van der Waals surface area contributed by atoms with Crippen molar-refractivity contribution in [2.75, 3.05) is 5.32 Å². The fraction of sp³-hybridized carbons (Fsp3) is 0.0625. The van der Waals surface area contributed by atoms with Gasteiger partial charge in [-0.1, -0.05) is 56.8 Å². The minimum atomic E-state index is -0.181. The Balaban J connectivity index is 1.78. The quantitative estimate of drug-likeness (QED) is 0.747. The first kappa shape index (κ1) is 14.9. The third-order valence-electron chi connectivity index (χ3n) is 3.06. The minimum absolute atomic E-state index is 0.181. The number of carbonyl (C=O) groups excluding carboxylic acids is 1. The highest BCUT2D eigenvalue weighted by atomic mass is 79.9. The van der Waals surface area contributed by atoms with Crippen LogP contribution in [-0.2, 0) is 6.42 Å². The summed E-state index contributed by atoms with van der Waals surface area (Å²) >= 11 is 4.50. The number of benzene rings is 2. The Kier molecular flexibility index (Phi) is 4.60. The molecule has 1 heterocycles. The van der Waals surface area contributed by atoms with Gasteiger partial charge in [-0.15, -0.1) is 5.10 Å². The number of carbonyl (C=O) groups is 1. The lowest BCUT2D eigenvalue weighted by Gasteiger charge is -2.05. The average Bonchev–Trinajstić information content (AvgIpc) is 2.96. The lowest BCUT2D eigenvalue weighted by molar-refractivity contribution is 0.102. The molecule has 0 aliphatic heterocycles. The van der Waals surface area contributed by atoms with Crippen LogP contribution in [0.3, 0.4) is 0 Å². The molecule has 0 bridgehead atoms. The highest BCUT2D eigenvalue weighted by Gasteiger charge is 2.16. The van der Waals surface area contributed by atoms with Gasteiger partial charge in [-0.3, -0.25) is 4.79 Å². The van der Waals surface area contributed by atoms with Crippen LogP contribution < -0.4 is 5.32 Å². The van der Waals surface area contributed by atoms with Crippen LogP contribution in [0.1, 0.15) is 20.9 Å². The minimum Gasteiger partial charge on any atom is -0.321 e. The molecule has 0 atom stereocenters. The topological polar surface area (TPSA) is 54.9 Å². The number of amides is 1. The fourth-order valence-corrected chi connectivity index (χ4v) is 3.01. The molecule has 3 aromatic rings. The molecule has 2 aromatic carbocycles. The van der Waals surface area contributed by atoms with E-state index in [9.17, 15) is 4.79 Å². The van der Waals surface area contributed by atoms with Crippen molar-refractivity contribution < 1.29 is 4.79 Å². The number of halogens is 1. The molecule has 1 N–H and O–H groups in total. The molecule has 0 spiro atoms. The van der Waals surface area contributed by atoms with Crippen LogP contribution in [0.15, 0.2) is 59.1 Å². The summed E-state index contributed by atoms with van der Waals surface area (Å²) in [5, 5.41) is 6.96. The number of nitrogens with zero attached hydrogens (tertiary/aromatic N) is 2. The lowest BCUT2D eigenvalue weighted by atomic mass is 10.1. The summed E-state index contributed by atoms with van der Waals surface area (Å²) < 4.78 is 4.83. The molecule has 0 saturated carbocycles. The van der Waals surface area contributed by atoms with Crippen LogP contribution in [0.5, 0.6) is 0 Å². The van der Waals surface area contributed by atoms with Gasteiger partial charge < -0.3 is 5.32 Å². The Labute approximate surface area is 140 Å². The van der Waals surface area contributed by atoms with Gasteiger partial charge in [-0.05, 0) is 35.3 Å². The van der Waals surface area contributed by atoms with E-state index in [0.29, 0.717) is 17.0 Å². The van der Waals surface area contributed by atoms with Gasteiger partial charge >= 0.3 is 0 Å². The van der Waals surface area contributed by atoms with E-state index in [0.717, 1.165) is 27.3 Å². The summed E-state index contributed by atoms with van der Waals surface area (Å²) in [6.07, 6.45) is 0.596. The van der Waals surface area contributed by atoms with Gasteiger partial charge in [-0.2, -0.15) is 0 Å². The van der Waals surface area contributed by atoms with Crippen molar-refractivity contribution in [3.05, 3.63) is 75.2 Å². The Morgan fingerprint density at radius 1 is 1.14 bits per heavy atom. The van der Waals surface area contributed by atoms with E-state index in [1.165, 1.54) is 0 Å². The Bertz CT molecular complexity index is 789. The largest absolute Gasteiger partial charge is 0.321 e. The molecule has 3 rings (SSSR count). The summed E-state index contributed by atoms with van der Waals surface area (Å²) in [5.41, 5.74) is 2.54. The van der Waals surface area contributed by atoms with Crippen LogP contribution in [-0.4, -0.2) is 15.5 Å². The van der Waals surface area contributed by atoms with Crippen molar-refractivity contribution in [1.82, 2.24) is 9.59 Å². The van der Waals surface area contributed by atoms with Gasteiger partial charge in [0.15, 0.2) is 0 Å². The molecule has 1 aromatic heterocycles. The van der Waals surface area contributed by atoms with Crippen molar-refractivity contribution in [2.45, 2.75) is 6.42 Å². The molecule has 0 aliphatic carbocycles. The number of hydrogen-bond acceptors (Lipinski definition) is 4. The first-order valence-electron chi connectivity index (χ1n) is 6.64. The van der Waals surface area contributed by atoms with E-state index in [-0.39, 0.29) is 5.91 Å². The zero-order chi connectivity index (χ0) is 15.4. The third kappa shape index (κ3) is 3.58. The predicted octanol–water partition coefficient (Wildman–Crippen LogP) is 4.14. The molecule has 0 radical (unpaired) electrons. The van der Waals surface area contributed by atoms with Crippen molar-refractivity contribution in [3.8, 4) is 0 Å². The maximum atomic E-state index is 12.4. The zero-order valence-electron chi connectivity index (χ0n) is 11.5. The van der Waals surface area contributed by atoms with Crippen LogP contribution in [0.4, 0.5) is 5.69 Å². The average molecular weight is 374 g/mol. The first-order chi connectivity index (χ1) is 10.7. The third-order valence-corrected chi connectivity index (χ3v) is 4.32. The first-order valence-corrected chi connectivity index (χ1v) is 8.21. The highest BCUT2D eigenvalue weighted by Crippen LogP contribution is 2.19. The smallest absolute Gasteiger partial charge is 0.269 e. The van der Waals surface area contributed by atoms with Gasteiger partial charge in [0.2, 0.25) is 0 Å². The molecule has 0 saturated heterocycles. The summed E-state index contributed by atoms with van der Waals surface area (Å²) in [6.45, 7) is 0. The molecule has 0 unspecified atom stereocenters. The van der Waals surface area contributed by atoms with Crippen molar-refractivity contribution in [1.29, 1.82) is 0 Å². The van der Waals surface area contributed by atoms with Crippen LogP contribution in [0.2, 0.25) is 0 Å². The number of nitrogens with one attached hydrogen (secondary N) is 1. The van der Waals surface area contributed by atoms with Crippen molar-refractivity contribution >= 4 is 39.1 Å². The highest BCUT2D eigenvalue weighted by molar-refractivity contribution is 9.10. The maximum Gasteiger partial charge on any atom is 0.269 e. The Hall–Kier alpha value is -2.05. The standard InChI is InChI=1S/C16H12BrN3OS/c17-12-7-4-8-13(10-12)18-16(21)15-14(19-20-22-15)9-11-5-2-1-3-6-11/h1-8,10H,9H2,(H,18,21). The normalized spacial score (nSPS) is 10.4. The fourth-order valence-electron chi connectivity index (χ4n) is 2.04. The molecule has 0 fully saturated rings. The molecule has 22 heavy (non-hydrogen) atoms. The molecule has 1 amide bonds. The molecular formula is C16H12BrN3OS. The molecule has 6 heteroatoms. The molecule has 0 aliphatic rings. The lowest BCUT2D eigenvalue weighted by Crippen LogP contribution is -2.12. The number of aromatic nitrogens is 2. The van der Waals surface area contributed by atoms with Crippen LogP contribution >= 0.6 is 27.5 Å². The second-order valence-corrected chi connectivity index (χ2v) is 6.35. The predicted molar refractivity (Wildman–Crippen MR) is 91.3 cm³/mol. The molecule has 4 nitrogen and oxygen atoms in total. The summed E-state index contributed by atoms with van der Waals surface area (Å²) in [6, 6.07) is 17.4. The van der Waals surface area contributed by atoms with Gasteiger partial charge in [0.25, 0.3) is 5.91 Å². The summed E-state index contributed by atoms with van der Waals surface area (Å²) in [5.74, 6) is -0.181. The number of hydrogen-bond donors (Lipinski definition) is 1. The van der Waals surface area contributed by atoms with Gasteiger partial charge in [0.1, 0.15) is 4.88 Å².